The third kappa shape index (κ3) is 5.19. The van der Waals surface area contributed by atoms with E-state index in [-0.39, 0.29) is 28.8 Å². The molecule has 0 unspecified atom stereocenters. The summed E-state index contributed by atoms with van der Waals surface area (Å²) in [6.07, 6.45) is -3.36. The molecule has 3 aromatic rings. The number of halogens is 3. The molecule has 13 heteroatoms. The van der Waals surface area contributed by atoms with Crippen molar-refractivity contribution in [3.63, 3.8) is 0 Å². The number of carbonyl (C=O) groups excluding carboxylic acids is 1. The summed E-state index contributed by atoms with van der Waals surface area (Å²) >= 11 is 0. The average molecular weight is 499 g/mol. The number of carbonyl (C=O) groups is 1. The van der Waals surface area contributed by atoms with Crippen LogP contribution in [0.3, 0.4) is 0 Å². The molecule has 36 heavy (non-hydrogen) atoms. The molecule has 10 nitrogen and oxygen atoms in total. The van der Waals surface area contributed by atoms with Gasteiger partial charge >= 0.3 is 17.8 Å². The van der Waals surface area contributed by atoms with Gasteiger partial charge < -0.3 is 9.47 Å². The van der Waals surface area contributed by atoms with Crippen molar-refractivity contribution in [3.8, 4) is 11.5 Å². The zero-order valence-electron chi connectivity index (χ0n) is 17.8. The highest BCUT2D eigenvalue weighted by atomic mass is 19.4. The number of hydrogen-bond acceptors (Lipinski definition) is 8. The summed E-state index contributed by atoms with van der Waals surface area (Å²) < 4.78 is 49.1. The minimum atomic E-state index is -4.75. The second kappa shape index (κ2) is 9.29. The van der Waals surface area contributed by atoms with E-state index in [1.54, 1.807) is 0 Å². The largest absolute Gasteiger partial charge is 0.450 e. The van der Waals surface area contributed by atoms with Gasteiger partial charge in [-0.05, 0) is 48.0 Å². The molecule has 0 fully saturated rings. The predicted octanol–water partition coefficient (Wildman–Crippen LogP) is 5.66. The highest BCUT2D eigenvalue weighted by molar-refractivity contribution is 6.12. The maximum Gasteiger partial charge on any atom is 0.416 e. The number of nitro benzene ring substituents is 2. The maximum atomic E-state index is 12.9. The fraction of sp³-hybridized carbons (Fsp3) is 0.0435. The number of cyclic esters (lactones) is 1. The first-order valence-corrected chi connectivity index (χ1v) is 9.92. The highest BCUT2D eigenvalue weighted by Crippen LogP contribution is 2.38. The van der Waals surface area contributed by atoms with E-state index in [1.807, 2.05) is 0 Å². The molecule has 182 valence electrons. The fourth-order valence-corrected chi connectivity index (χ4v) is 3.10. The van der Waals surface area contributed by atoms with Gasteiger partial charge in [-0.1, -0.05) is 12.1 Å². The van der Waals surface area contributed by atoms with Gasteiger partial charge in [0, 0.05) is 23.8 Å². The van der Waals surface area contributed by atoms with Crippen LogP contribution >= 0.6 is 0 Å². The van der Waals surface area contributed by atoms with Crippen LogP contribution in [0.2, 0.25) is 0 Å². The van der Waals surface area contributed by atoms with Gasteiger partial charge in [0.05, 0.1) is 15.4 Å². The van der Waals surface area contributed by atoms with Crippen LogP contribution in [0, 0.1) is 20.2 Å². The van der Waals surface area contributed by atoms with Crippen LogP contribution in [0.25, 0.3) is 6.08 Å². The Morgan fingerprint density at radius 3 is 2.17 bits per heavy atom. The molecule has 0 saturated heterocycles. The topological polar surface area (TPSA) is 134 Å². The number of alkyl halides is 3. The van der Waals surface area contributed by atoms with Crippen LogP contribution in [0.5, 0.6) is 11.5 Å². The molecule has 0 spiro atoms. The summed E-state index contributed by atoms with van der Waals surface area (Å²) in [6, 6.07) is 13.0. The van der Waals surface area contributed by atoms with Crippen molar-refractivity contribution in [2.45, 2.75) is 6.18 Å². The molecule has 0 atom stereocenters. The number of benzene rings is 3. The second-order valence-electron chi connectivity index (χ2n) is 7.25. The van der Waals surface area contributed by atoms with Gasteiger partial charge in [0.15, 0.2) is 5.70 Å². The van der Waals surface area contributed by atoms with Crippen LogP contribution in [-0.2, 0) is 15.7 Å². The first-order valence-electron chi connectivity index (χ1n) is 9.92. The number of aliphatic imine (C=N–C) groups is 1. The zero-order chi connectivity index (χ0) is 26.0. The maximum absolute atomic E-state index is 12.9. The summed E-state index contributed by atoms with van der Waals surface area (Å²) in [5, 5.41) is 22.0. The van der Waals surface area contributed by atoms with Crippen LogP contribution in [-0.4, -0.2) is 21.7 Å². The van der Waals surface area contributed by atoms with Gasteiger partial charge in [-0.3, -0.25) is 20.2 Å². The van der Waals surface area contributed by atoms with Gasteiger partial charge in [0.1, 0.15) is 5.75 Å². The van der Waals surface area contributed by atoms with Gasteiger partial charge in [-0.15, -0.1) is 0 Å². The molecule has 3 aromatic carbocycles. The van der Waals surface area contributed by atoms with E-state index < -0.39 is 33.2 Å². The number of rotatable bonds is 6. The first kappa shape index (κ1) is 24.1. The molecule has 0 saturated carbocycles. The summed E-state index contributed by atoms with van der Waals surface area (Å²) in [7, 11) is 0. The van der Waals surface area contributed by atoms with E-state index in [1.165, 1.54) is 54.6 Å². The molecule has 1 aliphatic rings. The van der Waals surface area contributed by atoms with Gasteiger partial charge in [-0.25, -0.2) is 9.79 Å². The van der Waals surface area contributed by atoms with Gasteiger partial charge in [-0.2, -0.15) is 13.2 Å². The van der Waals surface area contributed by atoms with Crippen LogP contribution in [0.4, 0.5) is 24.5 Å². The Morgan fingerprint density at radius 1 is 0.917 bits per heavy atom. The lowest BCUT2D eigenvalue weighted by Crippen LogP contribution is -2.06. The average Bonchev–Trinajstić information content (AvgIpc) is 3.19. The minimum absolute atomic E-state index is 0.0317. The molecule has 0 N–H and O–H groups in total. The Labute approximate surface area is 199 Å². The van der Waals surface area contributed by atoms with Crippen LogP contribution < -0.4 is 4.74 Å². The number of ether oxygens (including phenoxy) is 2. The lowest BCUT2D eigenvalue weighted by Gasteiger charge is -2.10. The smallest absolute Gasteiger partial charge is 0.416 e. The molecule has 4 rings (SSSR count). The van der Waals surface area contributed by atoms with Crippen molar-refractivity contribution in [1.29, 1.82) is 0 Å². The number of esters is 1. The SMILES string of the molecule is O=C1OC(c2ccc([N+](=O)[O-])cc2)=N/C1=C\c1ccc(Oc2ccc(C(F)(F)F)cc2[N+](=O)[O-])cc1. The quantitative estimate of drug-likeness (QED) is 0.185. The summed E-state index contributed by atoms with van der Waals surface area (Å²) in [5.41, 5.74) is -1.37. The van der Waals surface area contributed by atoms with E-state index in [0.717, 1.165) is 6.07 Å². The summed E-state index contributed by atoms with van der Waals surface area (Å²) in [4.78, 5) is 36.7. The Bertz CT molecular complexity index is 1430. The summed E-state index contributed by atoms with van der Waals surface area (Å²) in [6.45, 7) is 0. The Balaban J connectivity index is 1.53. The molecule has 0 bridgehead atoms. The van der Waals surface area contributed by atoms with Crippen molar-refractivity contribution in [2.75, 3.05) is 0 Å². The van der Waals surface area contributed by atoms with Crippen molar-refractivity contribution in [1.82, 2.24) is 0 Å². The number of hydrogen-bond donors (Lipinski definition) is 0. The summed E-state index contributed by atoms with van der Waals surface area (Å²) in [5.74, 6) is -1.06. The van der Waals surface area contributed by atoms with Gasteiger partial charge in [0.25, 0.3) is 5.69 Å². The lowest BCUT2D eigenvalue weighted by molar-refractivity contribution is -0.385. The number of nitro groups is 2. The third-order valence-corrected chi connectivity index (χ3v) is 4.84. The standard InChI is InChI=1S/C23H12F3N3O7/c24-23(25,26)15-5-10-20(19(12-15)29(33)34)35-17-8-1-13(2-9-17)11-18-22(30)36-21(27-18)14-3-6-16(7-4-14)28(31)32/h1-12H/b18-11-. The predicted molar refractivity (Wildman–Crippen MR) is 118 cm³/mol. The zero-order valence-corrected chi connectivity index (χ0v) is 17.8. The molecule has 0 aromatic heterocycles. The third-order valence-electron chi connectivity index (χ3n) is 4.84. The molecular formula is C23H12F3N3O7. The molecule has 0 aliphatic carbocycles. The Hall–Kier alpha value is -5.07. The van der Waals surface area contributed by atoms with Crippen molar-refractivity contribution < 1.29 is 37.3 Å². The van der Waals surface area contributed by atoms with E-state index in [0.29, 0.717) is 23.3 Å². The monoisotopic (exact) mass is 499 g/mol. The van der Waals surface area contributed by atoms with Crippen LogP contribution in [0.15, 0.2) is 77.4 Å². The Kier molecular flexibility index (Phi) is 6.21. The minimum Gasteiger partial charge on any atom is -0.450 e. The van der Waals surface area contributed by atoms with E-state index in [4.69, 9.17) is 9.47 Å². The van der Waals surface area contributed by atoms with E-state index in [2.05, 4.69) is 4.99 Å². The molecule has 1 heterocycles. The van der Waals surface area contributed by atoms with E-state index >= 15 is 0 Å². The second-order valence-corrected chi connectivity index (χ2v) is 7.25. The van der Waals surface area contributed by atoms with Crippen LogP contribution in [0.1, 0.15) is 16.7 Å². The molecular weight excluding hydrogens is 487 g/mol. The highest BCUT2D eigenvalue weighted by Gasteiger charge is 2.33. The van der Waals surface area contributed by atoms with Crippen molar-refractivity contribution in [3.05, 3.63) is 109 Å². The number of non-ortho nitro benzene ring substituents is 1. The van der Waals surface area contributed by atoms with E-state index in [9.17, 15) is 38.2 Å². The fourth-order valence-electron chi connectivity index (χ4n) is 3.10. The normalized spacial score (nSPS) is 14.4. The molecule has 0 amide bonds. The molecule has 1 aliphatic heterocycles. The first-order chi connectivity index (χ1) is 17.0. The van der Waals surface area contributed by atoms with Gasteiger partial charge in [0.2, 0.25) is 11.6 Å². The number of nitrogens with zero attached hydrogens (tertiary/aromatic N) is 3. The Morgan fingerprint density at radius 2 is 1.58 bits per heavy atom. The van der Waals surface area contributed by atoms with Crippen molar-refractivity contribution >= 4 is 29.3 Å². The lowest BCUT2D eigenvalue weighted by atomic mass is 10.1. The van der Waals surface area contributed by atoms with Crippen molar-refractivity contribution in [2.24, 2.45) is 4.99 Å². The molecule has 0 radical (unpaired) electrons.